The Kier molecular flexibility index (Phi) is 5.46. The lowest BCUT2D eigenvalue weighted by Crippen LogP contribution is -2.15. The fourth-order valence-corrected chi connectivity index (χ4v) is 3.98. The molecular formula is C22H24N4O2. The molecule has 6 nitrogen and oxygen atoms in total. The van der Waals surface area contributed by atoms with Crippen LogP contribution in [0.1, 0.15) is 30.8 Å². The second-order valence-electron chi connectivity index (χ2n) is 7.41. The minimum atomic E-state index is -0.0450. The number of pyridine rings is 2. The minimum absolute atomic E-state index is 0.0450. The summed E-state index contributed by atoms with van der Waals surface area (Å²) in [7, 11) is 1.62. The number of nitrogens with zero attached hydrogens (tertiary/aromatic N) is 4. The predicted octanol–water partition coefficient (Wildman–Crippen LogP) is 3.23. The molecule has 0 aromatic carbocycles. The van der Waals surface area contributed by atoms with Crippen molar-refractivity contribution in [3.8, 4) is 11.4 Å². The average molecular weight is 376 g/mol. The first-order valence-corrected chi connectivity index (χ1v) is 9.69. The monoisotopic (exact) mass is 376 g/mol. The minimum Gasteiger partial charge on any atom is -0.494 e. The molecule has 0 bridgehead atoms. The first-order valence-electron chi connectivity index (χ1n) is 9.69. The molecule has 0 spiro atoms. The molecule has 1 aliphatic rings. The van der Waals surface area contributed by atoms with Crippen molar-refractivity contribution >= 4 is 0 Å². The smallest absolute Gasteiger partial charge is 0.255 e. The Bertz CT molecular complexity index is 967. The standard InChI is InChI=1S/C22H24N4O2/c1-28-20-14-24-21(25-15-20)12-17-6-5-16(10-17)11-18-7-8-19(13-23-18)26-9-3-2-4-22(26)27/h2-4,7-9,13-17H,5-6,10-12H2,1H3/t16-,17-/m0/s1. The van der Waals surface area contributed by atoms with Gasteiger partial charge in [0.25, 0.3) is 5.56 Å². The fraction of sp³-hybridized carbons (Fsp3) is 0.364. The van der Waals surface area contributed by atoms with E-state index in [0.717, 1.165) is 30.0 Å². The Morgan fingerprint density at radius 2 is 1.79 bits per heavy atom. The maximum Gasteiger partial charge on any atom is 0.255 e. The molecule has 1 fully saturated rings. The highest BCUT2D eigenvalue weighted by Gasteiger charge is 2.26. The van der Waals surface area contributed by atoms with E-state index in [4.69, 9.17) is 4.74 Å². The molecule has 3 aromatic heterocycles. The molecule has 0 unspecified atom stereocenters. The van der Waals surface area contributed by atoms with Gasteiger partial charge in [0.15, 0.2) is 5.75 Å². The zero-order valence-electron chi connectivity index (χ0n) is 16.0. The fourth-order valence-electron chi connectivity index (χ4n) is 3.98. The van der Waals surface area contributed by atoms with Gasteiger partial charge in [-0.05, 0) is 55.7 Å². The van der Waals surface area contributed by atoms with Crippen LogP contribution >= 0.6 is 0 Å². The number of aromatic nitrogens is 4. The molecule has 1 saturated carbocycles. The van der Waals surface area contributed by atoms with Gasteiger partial charge in [-0.3, -0.25) is 14.3 Å². The summed E-state index contributed by atoms with van der Waals surface area (Å²) in [6.07, 6.45) is 12.5. The van der Waals surface area contributed by atoms with Crippen LogP contribution in [0, 0.1) is 11.8 Å². The van der Waals surface area contributed by atoms with Crippen LogP contribution in [0.2, 0.25) is 0 Å². The second-order valence-corrected chi connectivity index (χ2v) is 7.41. The van der Waals surface area contributed by atoms with Crippen LogP contribution in [-0.4, -0.2) is 26.6 Å². The summed E-state index contributed by atoms with van der Waals surface area (Å²) in [4.78, 5) is 25.3. The Labute approximate surface area is 164 Å². The van der Waals surface area contributed by atoms with Crippen LogP contribution in [0.25, 0.3) is 5.69 Å². The molecule has 3 heterocycles. The van der Waals surface area contributed by atoms with Crippen molar-refractivity contribution in [3.63, 3.8) is 0 Å². The van der Waals surface area contributed by atoms with E-state index >= 15 is 0 Å². The van der Waals surface area contributed by atoms with Gasteiger partial charge in [-0.25, -0.2) is 9.97 Å². The molecule has 4 rings (SSSR count). The molecule has 1 aliphatic carbocycles. The average Bonchev–Trinajstić information content (AvgIpc) is 3.16. The van der Waals surface area contributed by atoms with E-state index in [1.54, 1.807) is 48.6 Å². The summed E-state index contributed by atoms with van der Waals surface area (Å²) < 4.78 is 6.72. The van der Waals surface area contributed by atoms with Crippen LogP contribution in [0.15, 0.2) is 59.9 Å². The molecule has 0 amide bonds. The third-order valence-electron chi connectivity index (χ3n) is 5.45. The zero-order chi connectivity index (χ0) is 19.3. The molecular weight excluding hydrogens is 352 g/mol. The molecule has 3 aromatic rings. The van der Waals surface area contributed by atoms with Crippen molar-refractivity contribution in [1.82, 2.24) is 19.5 Å². The van der Waals surface area contributed by atoms with Crippen LogP contribution in [0.5, 0.6) is 5.75 Å². The van der Waals surface area contributed by atoms with Gasteiger partial charge in [0.05, 0.1) is 31.4 Å². The number of rotatable bonds is 6. The maximum absolute atomic E-state index is 11.9. The molecule has 6 heteroatoms. The Balaban J connectivity index is 1.34. The first-order chi connectivity index (χ1) is 13.7. The first kappa shape index (κ1) is 18.3. The largest absolute Gasteiger partial charge is 0.494 e. The van der Waals surface area contributed by atoms with Crippen molar-refractivity contribution in [1.29, 1.82) is 0 Å². The van der Waals surface area contributed by atoms with Gasteiger partial charge in [-0.2, -0.15) is 0 Å². The number of hydrogen-bond acceptors (Lipinski definition) is 5. The molecule has 0 aliphatic heterocycles. The van der Waals surface area contributed by atoms with Crippen LogP contribution < -0.4 is 10.3 Å². The Morgan fingerprint density at radius 1 is 1.00 bits per heavy atom. The van der Waals surface area contributed by atoms with Crippen molar-refractivity contribution < 1.29 is 4.74 Å². The van der Waals surface area contributed by atoms with Crippen molar-refractivity contribution in [3.05, 3.63) is 77.0 Å². The Hall–Kier alpha value is -3.02. The lowest BCUT2D eigenvalue weighted by Gasteiger charge is -2.11. The highest BCUT2D eigenvalue weighted by Crippen LogP contribution is 2.34. The van der Waals surface area contributed by atoms with E-state index in [9.17, 15) is 4.79 Å². The summed E-state index contributed by atoms with van der Waals surface area (Å²) in [5.41, 5.74) is 1.84. The van der Waals surface area contributed by atoms with E-state index in [2.05, 4.69) is 15.0 Å². The molecule has 28 heavy (non-hydrogen) atoms. The molecule has 0 radical (unpaired) electrons. The zero-order valence-corrected chi connectivity index (χ0v) is 16.0. The van der Waals surface area contributed by atoms with Crippen molar-refractivity contribution in [2.24, 2.45) is 11.8 Å². The summed E-state index contributed by atoms with van der Waals surface area (Å²) in [6.45, 7) is 0. The quantitative estimate of drug-likeness (QED) is 0.661. The summed E-state index contributed by atoms with van der Waals surface area (Å²) in [6, 6.07) is 9.16. The normalized spacial score (nSPS) is 18.9. The third-order valence-corrected chi connectivity index (χ3v) is 5.45. The van der Waals surface area contributed by atoms with Crippen LogP contribution in [-0.2, 0) is 12.8 Å². The van der Waals surface area contributed by atoms with E-state index in [1.807, 2.05) is 18.2 Å². The number of hydrogen-bond donors (Lipinski definition) is 0. The van der Waals surface area contributed by atoms with E-state index in [1.165, 1.54) is 19.3 Å². The SMILES string of the molecule is COc1cnc(C[C@H]2CC[C@H](Cc3ccc(-n4ccccc4=O)cn3)C2)nc1. The van der Waals surface area contributed by atoms with Gasteiger partial charge in [0.1, 0.15) is 5.82 Å². The highest BCUT2D eigenvalue weighted by atomic mass is 16.5. The van der Waals surface area contributed by atoms with Gasteiger partial charge >= 0.3 is 0 Å². The summed E-state index contributed by atoms with van der Waals surface area (Å²) >= 11 is 0. The van der Waals surface area contributed by atoms with Gasteiger partial charge in [0, 0.05) is 24.4 Å². The topological polar surface area (TPSA) is 69.9 Å². The van der Waals surface area contributed by atoms with Gasteiger partial charge in [-0.1, -0.05) is 6.07 Å². The van der Waals surface area contributed by atoms with Gasteiger partial charge in [0.2, 0.25) is 0 Å². The molecule has 144 valence electrons. The maximum atomic E-state index is 11.9. The van der Waals surface area contributed by atoms with Crippen LogP contribution in [0.3, 0.4) is 0 Å². The van der Waals surface area contributed by atoms with Crippen LogP contribution in [0.4, 0.5) is 0 Å². The lowest BCUT2D eigenvalue weighted by molar-refractivity contribution is 0.408. The highest BCUT2D eigenvalue weighted by molar-refractivity contribution is 5.30. The number of ether oxygens (including phenoxy) is 1. The summed E-state index contributed by atoms with van der Waals surface area (Å²) in [5.74, 6) is 2.85. The van der Waals surface area contributed by atoms with Gasteiger partial charge < -0.3 is 4.74 Å². The Morgan fingerprint density at radius 3 is 2.46 bits per heavy atom. The predicted molar refractivity (Wildman–Crippen MR) is 107 cm³/mol. The van der Waals surface area contributed by atoms with Crippen molar-refractivity contribution in [2.75, 3.05) is 7.11 Å². The van der Waals surface area contributed by atoms with E-state index < -0.39 is 0 Å². The molecule has 0 N–H and O–H groups in total. The molecule has 0 saturated heterocycles. The van der Waals surface area contributed by atoms with E-state index in [-0.39, 0.29) is 5.56 Å². The van der Waals surface area contributed by atoms with E-state index in [0.29, 0.717) is 17.6 Å². The van der Waals surface area contributed by atoms with Gasteiger partial charge in [-0.15, -0.1) is 0 Å². The molecule has 2 atom stereocenters. The summed E-state index contributed by atoms with van der Waals surface area (Å²) in [5, 5.41) is 0. The third kappa shape index (κ3) is 4.27. The van der Waals surface area contributed by atoms with Crippen molar-refractivity contribution in [2.45, 2.75) is 32.1 Å². The number of methoxy groups -OCH3 is 1. The second kappa shape index (κ2) is 8.33. The lowest BCUT2D eigenvalue weighted by atomic mass is 9.97.